The Hall–Kier alpha value is -2.68. The number of carbonyl (C=O) groups is 1. The lowest BCUT2D eigenvalue weighted by Gasteiger charge is -2.13. The van der Waals surface area contributed by atoms with Crippen LogP contribution in [0.4, 0.5) is 11.4 Å². The van der Waals surface area contributed by atoms with Crippen LogP contribution in [0.15, 0.2) is 82.6 Å². The summed E-state index contributed by atoms with van der Waals surface area (Å²) in [6.45, 7) is 1.80. The van der Waals surface area contributed by atoms with Crippen molar-refractivity contribution in [1.29, 1.82) is 0 Å². The second-order valence-electron chi connectivity index (χ2n) is 6.53. The highest BCUT2D eigenvalue weighted by Gasteiger charge is 2.17. The topological polar surface area (TPSA) is 84.5 Å². The van der Waals surface area contributed by atoms with Gasteiger partial charge in [0.2, 0.25) is 5.91 Å². The van der Waals surface area contributed by atoms with E-state index in [0.29, 0.717) is 16.4 Å². The summed E-state index contributed by atoms with van der Waals surface area (Å²) in [7, 11) is -2.21. The van der Waals surface area contributed by atoms with Crippen molar-refractivity contribution in [2.45, 2.75) is 22.0 Å². The summed E-state index contributed by atoms with van der Waals surface area (Å²) in [5.41, 5.74) is 0.801. The Morgan fingerprint density at radius 3 is 2.26 bits per heavy atom. The molecule has 0 aromatic heterocycles. The van der Waals surface area contributed by atoms with Crippen LogP contribution in [0.5, 0.6) is 5.75 Å². The maximum atomic E-state index is 12.6. The molecule has 3 aromatic carbocycles. The SMILES string of the molecule is COc1ccc(S[C@H](C)C(=O)Nc2ccc(S(=O)(=O)Nc3ccccc3Cl)cc2)cc1. The van der Waals surface area contributed by atoms with Gasteiger partial charge in [-0.05, 0) is 67.6 Å². The number of hydrogen-bond acceptors (Lipinski definition) is 5. The molecular formula is C22H21ClN2O4S2. The fourth-order valence-electron chi connectivity index (χ4n) is 2.62. The van der Waals surface area contributed by atoms with E-state index in [9.17, 15) is 13.2 Å². The number of ether oxygens (including phenoxy) is 1. The molecule has 0 spiro atoms. The van der Waals surface area contributed by atoms with Gasteiger partial charge in [0, 0.05) is 10.6 Å². The number of methoxy groups -OCH3 is 1. The van der Waals surface area contributed by atoms with Crippen molar-refractivity contribution in [2.24, 2.45) is 0 Å². The lowest BCUT2D eigenvalue weighted by atomic mass is 10.3. The molecule has 0 aliphatic carbocycles. The molecule has 162 valence electrons. The zero-order valence-electron chi connectivity index (χ0n) is 16.8. The van der Waals surface area contributed by atoms with Crippen LogP contribution in [0, 0.1) is 0 Å². The maximum absolute atomic E-state index is 12.6. The van der Waals surface area contributed by atoms with Crippen LogP contribution in [0.2, 0.25) is 5.02 Å². The first-order valence-electron chi connectivity index (χ1n) is 9.27. The molecule has 2 N–H and O–H groups in total. The first-order chi connectivity index (χ1) is 14.8. The van der Waals surface area contributed by atoms with Crippen LogP contribution in [-0.2, 0) is 14.8 Å². The Labute approximate surface area is 191 Å². The van der Waals surface area contributed by atoms with Gasteiger partial charge in [0.15, 0.2) is 0 Å². The van der Waals surface area contributed by atoms with Crippen molar-refractivity contribution >= 4 is 50.7 Å². The lowest BCUT2D eigenvalue weighted by Crippen LogP contribution is -2.22. The fraction of sp³-hybridized carbons (Fsp3) is 0.136. The highest BCUT2D eigenvalue weighted by Crippen LogP contribution is 2.27. The molecule has 0 aliphatic rings. The second kappa shape index (κ2) is 10.1. The van der Waals surface area contributed by atoms with Gasteiger partial charge < -0.3 is 10.1 Å². The Bertz CT molecular complexity index is 1150. The van der Waals surface area contributed by atoms with E-state index in [4.69, 9.17) is 16.3 Å². The molecule has 31 heavy (non-hydrogen) atoms. The summed E-state index contributed by atoms with van der Waals surface area (Å²) in [5.74, 6) is 0.561. The quantitative estimate of drug-likeness (QED) is 0.433. The smallest absolute Gasteiger partial charge is 0.261 e. The molecule has 1 atom stereocenters. The zero-order valence-corrected chi connectivity index (χ0v) is 19.2. The number of sulfonamides is 1. The summed E-state index contributed by atoms with van der Waals surface area (Å²) in [6, 6.07) is 20.0. The fourth-order valence-corrected chi connectivity index (χ4v) is 4.81. The van der Waals surface area contributed by atoms with Crippen LogP contribution in [0.25, 0.3) is 0 Å². The Balaban J connectivity index is 1.62. The van der Waals surface area contributed by atoms with Gasteiger partial charge in [0.25, 0.3) is 10.0 Å². The summed E-state index contributed by atoms with van der Waals surface area (Å²) < 4.78 is 32.7. The summed E-state index contributed by atoms with van der Waals surface area (Å²) in [4.78, 5) is 13.5. The average molecular weight is 477 g/mol. The van der Waals surface area contributed by atoms with Crippen molar-refractivity contribution in [1.82, 2.24) is 0 Å². The van der Waals surface area contributed by atoms with Gasteiger partial charge in [0.05, 0.1) is 28.0 Å². The molecular weight excluding hydrogens is 456 g/mol. The zero-order chi connectivity index (χ0) is 22.4. The highest BCUT2D eigenvalue weighted by atomic mass is 35.5. The molecule has 0 saturated carbocycles. The van der Waals surface area contributed by atoms with E-state index in [0.717, 1.165) is 10.6 Å². The third-order valence-electron chi connectivity index (χ3n) is 4.29. The van der Waals surface area contributed by atoms with Crippen LogP contribution >= 0.6 is 23.4 Å². The number of benzene rings is 3. The third kappa shape index (κ3) is 6.16. The van der Waals surface area contributed by atoms with Crippen LogP contribution in [-0.4, -0.2) is 26.7 Å². The van der Waals surface area contributed by atoms with Gasteiger partial charge in [0.1, 0.15) is 5.75 Å². The van der Waals surface area contributed by atoms with E-state index in [1.54, 1.807) is 50.4 Å². The second-order valence-corrected chi connectivity index (χ2v) is 10.0. The summed E-state index contributed by atoms with van der Waals surface area (Å²) >= 11 is 7.43. The number of halogens is 1. The lowest BCUT2D eigenvalue weighted by molar-refractivity contribution is -0.115. The number of rotatable bonds is 8. The van der Waals surface area contributed by atoms with E-state index in [2.05, 4.69) is 10.0 Å². The highest BCUT2D eigenvalue weighted by molar-refractivity contribution is 8.00. The van der Waals surface area contributed by atoms with Crippen molar-refractivity contribution < 1.29 is 17.9 Å². The van der Waals surface area contributed by atoms with Gasteiger partial charge in [-0.15, -0.1) is 11.8 Å². The molecule has 0 unspecified atom stereocenters. The van der Waals surface area contributed by atoms with Crippen molar-refractivity contribution in [3.63, 3.8) is 0 Å². The normalized spacial score (nSPS) is 12.1. The summed E-state index contributed by atoms with van der Waals surface area (Å²) in [5, 5.41) is 2.76. The molecule has 3 rings (SSSR count). The number of para-hydroxylation sites is 1. The predicted octanol–water partition coefficient (Wildman–Crippen LogP) is 5.27. The number of nitrogens with one attached hydrogen (secondary N) is 2. The van der Waals surface area contributed by atoms with Crippen LogP contribution < -0.4 is 14.8 Å². The van der Waals surface area contributed by atoms with Gasteiger partial charge in [-0.2, -0.15) is 0 Å². The van der Waals surface area contributed by atoms with Gasteiger partial charge in [-0.3, -0.25) is 9.52 Å². The molecule has 0 heterocycles. The minimum absolute atomic E-state index is 0.0612. The summed E-state index contributed by atoms with van der Waals surface area (Å²) in [6.07, 6.45) is 0. The van der Waals surface area contributed by atoms with Crippen molar-refractivity contribution in [3.8, 4) is 5.75 Å². The Morgan fingerprint density at radius 1 is 1.00 bits per heavy atom. The molecule has 3 aromatic rings. The van der Waals surface area contributed by atoms with Gasteiger partial charge >= 0.3 is 0 Å². The molecule has 0 saturated heterocycles. The Kier molecular flexibility index (Phi) is 7.48. The van der Waals surface area contributed by atoms with Crippen LogP contribution in [0.3, 0.4) is 0 Å². The van der Waals surface area contributed by atoms with Crippen LogP contribution in [0.1, 0.15) is 6.92 Å². The largest absolute Gasteiger partial charge is 0.497 e. The number of anilines is 2. The Morgan fingerprint density at radius 2 is 1.65 bits per heavy atom. The number of thioether (sulfide) groups is 1. The average Bonchev–Trinajstić information content (AvgIpc) is 2.76. The number of hydrogen-bond donors (Lipinski definition) is 2. The van der Waals surface area contributed by atoms with E-state index in [-0.39, 0.29) is 16.1 Å². The minimum Gasteiger partial charge on any atom is -0.497 e. The monoisotopic (exact) mass is 476 g/mol. The molecule has 0 bridgehead atoms. The van der Waals surface area contributed by atoms with E-state index in [1.807, 2.05) is 24.3 Å². The first kappa shape index (κ1) is 23.0. The standard InChI is InChI=1S/C22H21ClN2O4S2/c1-15(30-18-11-9-17(29-2)10-12-18)22(26)24-16-7-13-19(14-8-16)31(27,28)25-21-6-4-3-5-20(21)23/h3-15,25H,1-2H3,(H,24,26)/t15-/m1/s1. The van der Waals surface area contributed by atoms with Crippen molar-refractivity contribution in [3.05, 3.63) is 77.8 Å². The molecule has 9 heteroatoms. The number of carbonyl (C=O) groups excluding carboxylic acids is 1. The molecule has 6 nitrogen and oxygen atoms in total. The molecule has 1 amide bonds. The molecule has 0 radical (unpaired) electrons. The van der Waals surface area contributed by atoms with Crippen molar-refractivity contribution in [2.75, 3.05) is 17.1 Å². The predicted molar refractivity (Wildman–Crippen MR) is 126 cm³/mol. The minimum atomic E-state index is -3.81. The first-order valence-corrected chi connectivity index (χ1v) is 12.0. The van der Waals surface area contributed by atoms with Gasteiger partial charge in [-0.25, -0.2) is 8.42 Å². The molecule has 0 aliphatic heterocycles. The van der Waals surface area contributed by atoms with E-state index < -0.39 is 10.0 Å². The molecule has 0 fully saturated rings. The van der Waals surface area contributed by atoms with Gasteiger partial charge in [-0.1, -0.05) is 23.7 Å². The maximum Gasteiger partial charge on any atom is 0.261 e. The third-order valence-corrected chi connectivity index (χ3v) is 7.11. The van der Waals surface area contributed by atoms with E-state index in [1.165, 1.54) is 23.9 Å². The van der Waals surface area contributed by atoms with E-state index >= 15 is 0 Å². The number of amides is 1.